The minimum Gasteiger partial charge on any atom is -0.478 e. The molecule has 0 bridgehead atoms. The number of aromatic carboxylic acids is 1. The predicted molar refractivity (Wildman–Crippen MR) is 92.0 cm³/mol. The number of terminal acetylenes is 1. The molecule has 25 heavy (non-hydrogen) atoms. The standard InChI is InChI=1S/C18H12ClN3O3/c1-2-15(12-3-5-14(19)6-4-12)25-17-8-10-21-22(17)16-11-13(18(23)24)7-9-20-16/h1,3-11,15H,(H,23,24). The lowest BCUT2D eigenvalue weighted by Gasteiger charge is -2.15. The molecule has 2 aromatic heterocycles. The number of carboxylic acid groups (broad SMARTS) is 1. The molecule has 1 aromatic carbocycles. The van der Waals surface area contributed by atoms with Crippen LogP contribution in [-0.4, -0.2) is 25.8 Å². The molecule has 3 rings (SSSR count). The number of nitrogens with zero attached hydrogens (tertiary/aromatic N) is 3. The molecule has 0 amide bonds. The monoisotopic (exact) mass is 353 g/mol. The summed E-state index contributed by atoms with van der Waals surface area (Å²) in [5, 5.41) is 13.8. The Hall–Kier alpha value is -3.30. The van der Waals surface area contributed by atoms with Crippen LogP contribution in [0.25, 0.3) is 5.82 Å². The number of rotatable bonds is 5. The quantitative estimate of drug-likeness (QED) is 0.711. The first kappa shape index (κ1) is 16.6. The number of benzene rings is 1. The molecule has 7 heteroatoms. The molecule has 0 aliphatic rings. The third-order valence-corrected chi connectivity index (χ3v) is 3.63. The minimum absolute atomic E-state index is 0.0950. The fourth-order valence-electron chi connectivity index (χ4n) is 2.18. The summed E-state index contributed by atoms with van der Waals surface area (Å²) in [5.41, 5.74) is 0.851. The number of hydrogen-bond acceptors (Lipinski definition) is 4. The Bertz CT molecular complexity index is 945. The van der Waals surface area contributed by atoms with Crippen molar-refractivity contribution in [2.75, 3.05) is 0 Å². The molecule has 0 aliphatic heterocycles. The topological polar surface area (TPSA) is 77.2 Å². The van der Waals surface area contributed by atoms with Crippen LogP contribution in [-0.2, 0) is 0 Å². The van der Waals surface area contributed by atoms with Gasteiger partial charge in [0.15, 0.2) is 11.9 Å². The van der Waals surface area contributed by atoms with Crippen LogP contribution in [0, 0.1) is 12.3 Å². The Balaban J connectivity index is 1.91. The van der Waals surface area contributed by atoms with E-state index in [9.17, 15) is 4.79 Å². The van der Waals surface area contributed by atoms with E-state index < -0.39 is 12.1 Å². The number of carbonyl (C=O) groups is 1. The molecule has 0 radical (unpaired) electrons. The molecule has 6 nitrogen and oxygen atoms in total. The van der Waals surface area contributed by atoms with E-state index in [0.717, 1.165) is 5.56 Å². The van der Waals surface area contributed by atoms with Crippen LogP contribution in [0.1, 0.15) is 22.0 Å². The fraction of sp³-hybridized carbons (Fsp3) is 0.0556. The number of halogens is 1. The van der Waals surface area contributed by atoms with Crippen LogP contribution < -0.4 is 4.74 Å². The highest BCUT2D eigenvalue weighted by Crippen LogP contribution is 2.24. The highest BCUT2D eigenvalue weighted by atomic mass is 35.5. The summed E-state index contributed by atoms with van der Waals surface area (Å²) in [6.45, 7) is 0. The Labute approximate surface area is 148 Å². The van der Waals surface area contributed by atoms with Crippen molar-refractivity contribution in [1.29, 1.82) is 0 Å². The summed E-state index contributed by atoms with van der Waals surface area (Å²) in [4.78, 5) is 15.2. The fourth-order valence-corrected chi connectivity index (χ4v) is 2.30. The normalized spacial score (nSPS) is 11.5. The number of hydrogen-bond donors (Lipinski definition) is 1. The molecule has 0 spiro atoms. The molecule has 0 fully saturated rings. The van der Waals surface area contributed by atoms with Gasteiger partial charge in [-0.3, -0.25) is 0 Å². The first-order chi connectivity index (χ1) is 12.1. The van der Waals surface area contributed by atoms with E-state index in [1.165, 1.54) is 29.2 Å². The van der Waals surface area contributed by atoms with Crippen LogP contribution in [0.5, 0.6) is 5.88 Å². The predicted octanol–water partition coefficient (Wildman–Crippen LogP) is 3.37. The zero-order chi connectivity index (χ0) is 17.8. The van der Waals surface area contributed by atoms with Crippen molar-refractivity contribution >= 4 is 17.6 Å². The van der Waals surface area contributed by atoms with Gasteiger partial charge in [0.1, 0.15) is 0 Å². The molecule has 3 aromatic rings. The molecular weight excluding hydrogens is 342 g/mol. The van der Waals surface area contributed by atoms with E-state index in [1.54, 1.807) is 30.3 Å². The van der Waals surface area contributed by atoms with Crippen molar-refractivity contribution in [2.24, 2.45) is 0 Å². The Morgan fingerprint density at radius 2 is 2.00 bits per heavy atom. The second-order valence-corrected chi connectivity index (χ2v) is 5.44. The van der Waals surface area contributed by atoms with E-state index in [1.807, 2.05) is 0 Å². The van der Waals surface area contributed by atoms with Gasteiger partial charge in [-0.1, -0.05) is 29.7 Å². The first-order valence-electron chi connectivity index (χ1n) is 7.20. The highest BCUT2D eigenvalue weighted by Gasteiger charge is 2.15. The summed E-state index contributed by atoms with van der Waals surface area (Å²) >= 11 is 5.89. The molecule has 0 saturated carbocycles. The average molecular weight is 354 g/mol. The van der Waals surface area contributed by atoms with Crippen molar-refractivity contribution in [2.45, 2.75) is 6.10 Å². The number of aromatic nitrogens is 3. The van der Waals surface area contributed by atoms with Gasteiger partial charge in [0.25, 0.3) is 0 Å². The molecule has 0 aliphatic carbocycles. The van der Waals surface area contributed by atoms with Gasteiger partial charge in [-0.2, -0.15) is 9.78 Å². The van der Waals surface area contributed by atoms with E-state index in [2.05, 4.69) is 16.0 Å². The number of pyridine rings is 1. The molecule has 1 atom stereocenters. The maximum absolute atomic E-state index is 11.1. The lowest BCUT2D eigenvalue weighted by Crippen LogP contribution is -2.10. The summed E-state index contributed by atoms with van der Waals surface area (Å²) in [7, 11) is 0. The second kappa shape index (κ2) is 7.07. The van der Waals surface area contributed by atoms with Gasteiger partial charge in [0.05, 0.1) is 11.8 Å². The zero-order valence-electron chi connectivity index (χ0n) is 12.8. The Morgan fingerprint density at radius 1 is 1.24 bits per heavy atom. The van der Waals surface area contributed by atoms with Crippen LogP contribution in [0.15, 0.2) is 54.9 Å². The molecule has 1 unspecified atom stereocenters. The summed E-state index contributed by atoms with van der Waals surface area (Å²) < 4.78 is 7.23. The van der Waals surface area contributed by atoms with E-state index >= 15 is 0 Å². The van der Waals surface area contributed by atoms with Crippen molar-refractivity contribution in [1.82, 2.24) is 14.8 Å². The van der Waals surface area contributed by atoms with Gasteiger partial charge in [0, 0.05) is 22.8 Å². The number of carboxylic acids is 1. The number of ether oxygens (including phenoxy) is 1. The lowest BCUT2D eigenvalue weighted by molar-refractivity contribution is 0.0696. The third-order valence-electron chi connectivity index (χ3n) is 3.38. The molecule has 124 valence electrons. The lowest BCUT2D eigenvalue weighted by atomic mass is 10.1. The summed E-state index contributed by atoms with van der Waals surface area (Å²) in [5.74, 6) is 2.16. The summed E-state index contributed by atoms with van der Waals surface area (Å²) in [6.07, 6.45) is 7.83. The largest absolute Gasteiger partial charge is 0.478 e. The smallest absolute Gasteiger partial charge is 0.335 e. The van der Waals surface area contributed by atoms with Crippen LogP contribution in [0.3, 0.4) is 0 Å². The van der Waals surface area contributed by atoms with Crippen LogP contribution in [0.2, 0.25) is 5.02 Å². The SMILES string of the molecule is C#CC(Oc1ccnn1-c1cc(C(=O)O)ccn1)c1ccc(Cl)cc1. The van der Waals surface area contributed by atoms with Gasteiger partial charge in [-0.05, 0) is 24.3 Å². The average Bonchev–Trinajstić information content (AvgIpc) is 3.09. The third kappa shape index (κ3) is 3.62. The molecule has 2 heterocycles. The van der Waals surface area contributed by atoms with Gasteiger partial charge in [-0.25, -0.2) is 9.78 Å². The van der Waals surface area contributed by atoms with E-state index in [0.29, 0.717) is 16.7 Å². The van der Waals surface area contributed by atoms with Gasteiger partial charge in [-0.15, -0.1) is 6.42 Å². The van der Waals surface area contributed by atoms with Gasteiger partial charge < -0.3 is 9.84 Å². The summed E-state index contributed by atoms with van der Waals surface area (Å²) in [6, 6.07) is 11.4. The molecule has 0 saturated heterocycles. The maximum Gasteiger partial charge on any atom is 0.335 e. The van der Waals surface area contributed by atoms with Crippen LogP contribution >= 0.6 is 11.6 Å². The van der Waals surface area contributed by atoms with Crippen molar-refractivity contribution in [3.8, 4) is 24.0 Å². The van der Waals surface area contributed by atoms with E-state index in [4.69, 9.17) is 27.9 Å². The van der Waals surface area contributed by atoms with Gasteiger partial charge >= 0.3 is 5.97 Å². The van der Waals surface area contributed by atoms with Gasteiger partial charge in [0.2, 0.25) is 5.88 Å². The molecular formula is C18H12ClN3O3. The van der Waals surface area contributed by atoms with Crippen LogP contribution in [0.4, 0.5) is 0 Å². The Morgan fingerprint density at radius 3 is 2.68 bits per heavy atom. The van der Waals surface area contributed by atoms with E-state index in [-0.39, 0.29) is 5.56 Å². The Kier molecular flexibility index (Phi) is 4.68. The maximum atomic E-state index is 11.1. The van der Waals surface area contributed by atoms with Crippen molar-refractivity contribution in [3.05, 3.63) is 71.0 Å². The second-order valence-electron chi connectivity index (χ2n) is 5.01. The minimum atomic E-state index is -1.05. The first-order valence-corrected chi connectivity index (χ1v) is 7.58. The molecule has 1 N–H and O–H groups in total. The highest BCUT2D eigenvalue weighted by molar-refractivity contribution is 6.30. The van der Waals surface area contributed by atoms with Crippen molar-refractivity contribution in [3.63, 3.8) is 0 Å². The zero-order valence-corrected chi connectivity index (χ0v) is 13.6. The van der Waals surface area contributed by atoms with Crippen molar-refractivity contribution < 1.29 is 14.6 Å².